The zero-order chi connectivity index (χ0) is 27.8. The van der Waals surface area contributed by atoms with Crippen LogP contribution >= 0.6 is 24.0 Å². The summed E-state index contributed by atoms with van der Waals surface area (Å²) >= 11 is 6.33. The van der Waals surface area contributed by atoms with Gasteiger partial charge in [-0.3, -0.25) is 9.78 Å². The molecule has 0 amide bonds. The van der Waals surface area contributed by atoms with Crippen LogP contribution in [0.25, 0.3) is 32.2 Å². The van der Waals surface area contributed by atoms with Crippen LogP contribution in [0.1, 0.15) is 22.4 Å². The molecule has 1 N–H and O–H groups in total. The zero-order valence-electron chi connectivity index (χ0n) is 21.9. The summed E-state index contributed by atoms with van der Waals surface area (Å²) in [5.74, 6) is 1.14. The highest BCUT2D eigenvalue weighted by molar-refractivity contribution is 7.90. The van der Waals surface area contributed by atoms with Gasteiger partial charge in [-0.15, -0.1) is 24.0 Å². The third-order valence-electron chi connectivity index (χ3n) is 7.04. The summed E-state index contributed by atoms with van der Waals surface area (Å²) in [4.78, 5) is 22.9. The van der Waals surface area contributed by atoms with Crippen LogP contribution in [0, 0.1) is 0 Å². The Labute approximate surface area is 247 Å². The second-order valence-corrected chi connectivity index (χ2v) is 11.0. The Kier molecular flexibility index (Phi) is 6.55. The maximum Gasteiger partial charge on any atom is 0.188 e. The maximum absolute atomic E-state index is 6.17. The van der Waals surface area contributed by atoms with Crippen molar-refractivity contribution >= 4 is 40.2 Å². The van der Waals surface area contributed by atoms with Crippen molar-refractivity contribution in [2.24, 2.45) is 4.99 Å². The molecule has 0 saturated carbocycles. The molecule has 0 atom stereocenters. The van der Waals surface area contributed by atoms with Crippen molar-refractivity contribution in [2.45, 2.75) is 0 Å². The van der Waals surface area contributed by atoms with Crippen molar-refractivity contribution in [2.75, 3.05) is 0 Å². The first-order chi connectivity index (χ1) is 20.2. The number of aliphatic imine (C=N–C) groups is 1. The molecular weight excluding hydrogens is 545 g/mol. The van der Waals surface area contributed by atoms with Crippen LogP contribution in [-0.2, 0) is 0 Å². The number of aromatic nitrogens is 1. The van der Waals surface area contributed by atoms with E-state index in [1.807, 2.05) is 66.8 Å². The molecule has 3 aromatic carbocycles. The van der Waals surface area contributed by atoms with Crippen LogP contribution in [0.3, 0.4) is 0 Å². The molecule has 4 bridgehead atoms. The maximum atomic E-state index is 6.17. The minimum atomic E-state index is 0.537. The average molecular weight is 569 g/mol. The fraction of sp³-hybridized carbons (Fsp3) is 0. The number of rotatable bonds is 4. The summed E-state index contributed by atoms with van der Waals surface area (Å²) in [6.07, 6.45) is 7.61. The van der Waals surface area contributed by atoms with Gasteiger partial charge in [0.1, 0.15) is 0 Å². The molecular formula is C35H24N2O2S2. The van der Waals surface area contributed by atoms with E-state index in [2.05, 4.69) is 72.0 Å². The number of thiophene rings is 1. The molecule has 0 fully saturated rings. The van der Waals surface area contributed by atoms with E-state index in [1.165, 1.54) is 0 Å². The summed E-state index contributed by atoms with van der Waals surface area (Å²) in [7, 11) is 0. The number of fused-ring (bicyclic) bond motifs is 7. The van der Waals surface area contributed by atoms with Crippen molar-refractivity contribution in [3.05, 3.63) is 155 Å². The number of aromatic amines is 1. The Morgan fingerprint density at radius 1 is 0.805 bits per heavy atom. The molecule has 4 heterocycles. The van der Waals surface area contributed by atoms with E-state index in [-0.39, 0.29) is 0 Å². The van der Waals surface area contributed by atoms with Gasteiger partial charge in [0.05, 0.1) is 11.4 Å². The molecule has 5 aromatic rings. The number of hydrogen-bond donors (Lipinski definition) is 2. The van der Waals surface area contributed by atoms with Crippen molar-refractivity contribution in [1.29, 1.82) is 0 Å². The molecule has 198 valence electrons. The van der Waals surface area contributed by atoms with E-state index in [0.29, 0.717) is 11.5 Å². The number of nitrogens with one attached hydrogen (secondary N) is 1. The predicted molar refractivity (Wildman–Crippen MR) is 173 cm³/mol. The molecule has 0 unspecified atom stereocenters. The van der Waals surface area contributed by atoms with Gasteiger partial charge in [0, 0.05) is 37.9 Å². The van der Waals surface area contributed by atoms with Gasteiger partial charge in [-0.05, 0) is 82.8 Å². The third kappa shape index (κ3) is 4.78. The van der Waals surface area contributed by atoms with Gasteiger partial charge >= 0.3 is 0 Å². The molecule has 4 nitrogen and oxygen atoms in total. The number of H-pyrrole nitrogens is 1. The van der Waals surface area contributed by atoms with Gasteiger partial charge < -0.3 is 4.98 Å². The monoisotopic (exact) mass is 568 g/mol. The van der Waals surface area contributed by atoms with E-state index in [1.54, 1.807) is 17.4 Å². The lowest BCUT2D eigenvalue weighted by atomic mass is 10.0. The highest BCUT2D eigenvalue weighted by atomic mass is 32.1. The SMILES string of the molecule is C=C/C=C(\S)c1ccc2c(c1)OOc1cc(-c3cccs3)ccc1-c1ccc([nH]1)/C(c1ccccc1)=C1/C=CC2=N1. The quantitative estimate of drug-likeness (QED) is 0.129. The van der Waals surface area contributed by atoms with E-state index in [9.17, 15) is 0 Å². The van der Waals surface area contributed by atoms with E-state index in [0.717, 1.165) is 66.0 Å². The summed E-state index contributed by atoms with van der Waals surface area (Å²) in [6, 6.07) is 30.7. The van der Waals surface area contributed by atoms with Gasteiger partial charge in [0.15, 0.2) is 11.5 Å². The number of benzene rings is 3. The molecule has 41 heavy (non-hydrogen) atoms. The summed E-state index contributed by atoms with van der Waals surface area (Å²) in [5, 5.41) is 2.07. The van der Waals surface area contributed by atoms with Crippen LogP contribution in [0.15, 0.2) is 138 Å². The van der Waals surface area contributed by atoms with Gasteiger partial charge in [0.25, 0.3) is 0 Å². The first-order valence-electron chi connectivity index (χ1n) is 13.1. The molecule has 0 aliphatic carbocycles. The fourth-order valence-electron chi connectivity index (χ4n) is 5.07. The van der Waals surface area contributed by atoms with Crippen molar-refractivity contribution in [3.63, 3.8) is 0 Å². The Morgan fingerprint density at radius 2 is 1.61 bits per heavy atom. The molecule has 7 rings (SSSR count). The van der Waals surface area contributed by atoms with Gasteiger partial charge in [-0.25, -0.2) is 4.99 Å². The Balaban J connectivity index is 1.46. The lowest BCUT2D eigenvalue weighted by Gasteiger charge is -2.14. The smallest absolute Gasteiger partial charge is 0.188 e. The third-order valence-corrected chi connectivity index (χ3v) is 8.37. The topological polar surface area (TPSA) is 46.6 Å². The van der Waals surface area contributed by atoms with Crippen molar-refractivity contribution < 1.29 is 9.78 Å². The van der Waals surface area contributed by atoms with Crippen molar-refractivity contribution in [1.82, 2.24) is 4.98 Å². The standard InChI is InChI=1S/C35H24N2O2S2/c1-2-7-33(40)23-11-13-25-27-15-17-29(36-27)35(22-8-4-3-5-9-22)30-18-16-28(37-30)26-14-12-24(34-10-6-19-41-34)21-32(26)39-38-31(25)20-23/h2-21,37,40H,1H2/b33-7-,35-29-. The molecule has 0 radical (unpaired) electrons. The number of hydrogen-bond acceptors (Lipinski definition) is 5. The Hall–Kier alpha value is -4.78. The average Bonchev–Trinajstić information content (AvgIpc) is 3.80. The Morgan fingerprint density at radius 3 is 2.41 bits per heavy atom. The zero-order valence-corrected chi connectivity index (χ0v) is 23.6. The van der Waals surface area contributed by atoms with E-state index >= 15 is 0 Å². The van der Waals surface area contributed by atoms with Gasteiger partial charge in [-0.2, -0.15) is 0 Å². The minimum Gasteiger partial charge on any atom is -0.354 e. The van der Waals surface area contributed by atoms with Crippen LogP contribution in [0.4, 0.5) is 0 Å². The lowest BCUT2D eigenvalue weighted by Crippen LogP contribution is -2.07. The van der Waals surface area contributed by atoms with Crippen LogP contribution < -0.4 is 9.78 Å². The normalized spacial score (nSPS) is 15.8. The number of thiol groups is 1. The number of allylic oxidation sites excluding steroid dienone is 4. The molecule has 0 saturated heterocycles. The largest absolute Gasteiger partial charge is 0.354 e. The predicted octanol–water partition coefficient (Wildman–Crippen LogP) is 9.37. The summed E-state index contributed by atoms with van der Waals surface area (Å²) in [5.41, 5.74) is 9.25. The van der Waals surface area contributed by atoms with Crippen LogP contribution in [0.2, 0.25) is 0 Å². The molecule has 2 aliphatic heterocycles. The van der Waals surface area contributed by atoms with Crippen molar-refractivity contribution in [3.8, 4) is 33.2 Å². The van der Waals surface area contributed by atoms with E-state index in [4.69, 9.17) is 14.8 Å². The molecule has 0 spiro atoms. The fourth-order valence-corrected chi connectivity index (χ4v) is 6.03. The summed E-state index contributed by atoms with van der Waals surface area (Å²) < 4.78 is 0. The second-order valence-electron chi connectivity index (χ2n) is 9.60. The first kappa shape index (κ1) is 25.2. The minimum absolute atomic E-state index is 0.537. The van der Waals surface area contributed by atoms with Crippen LogP contribution in [-0.4, -0.2) is 10.7 Å². The number of nitrogens with zero attached hydrogens (tertiary/aromatic N) is 1. The van der Waals surface area contributed by atoms with E-state index < -0.39 is 0 Å². The van der Waals surface area contributed by atoms with Gasteiger partial charge in [-0.1, -0.05) is 61.2 Å². The molecule has 2 aromatic heterocycles. The van der Waals surface area contributed by atoms with Crippen LogP contribution in [0.5, 0.6) is 11.5 Å². The highest BCUT2D eigenvalue weighted by Crippen LogP contribution is 2.39. The Bertz CT molecular complexity index is 1910. The summed E-state index contributed by atoms with van der Waals surface area (Å²) in [6.45, 7) is 3.80. The first-order valence-corrected chi connectivity index (χ1v) is 14.5. The molecule has 6 heteroatoms. The van der Waals surface area contributed by atoms with Gasteiger partial charge in [0.2, 0.25) is 0 Å². The second kappa shape index (κ2) is 10.7. The lowest BCUT2D eigenvalue weighted by molar-refractivity contribution is -0.0994. The highest BCUT2D eigenvalue weighted by Gasteiger charge is 2.22. The molecule has 2 aliphatic rings.